The number of unbranched alkanes of at least 4 members (excludes halogenated alkanes) is 25. The first-order valence-corrected chi connectivity index (χ1v) is 42.4. The summed E-state index contributed by atoms with van der Waals surface area (Å²) in [6.07, 6.45) is 83.0. The largest absolute Gasteiger partial charge is 0.472 e. The topological polar surface area (TPSA) is 237 Å². The van der Waals surface area contributed by atoms with E-state index in [2.05, 4.69) is 149 Å². The van der Waals surface area contributed by atoms with E-state index >= 15 is 0 Å². The van der Waals surface area contributed by atoms with E-state index in [1.807, 2.05) is 12.2 Å². The molecule has 0 radical (unpaired) electrons. The molecule has 0 aromatic heterocycles. The van der Waals surface area contributed by atoms with Crippen LogP contribution in [0.15, 0.2) is 134 Å². The number of rotatable bonds is 73. The van der Waals surface area contributed by atoms with Gasteiger partial charge in [-0.1, -0.05) is 264 Å². The smallest absolute Gasteiger partial charge is 0.462 e. The molecule has 0 saturated heterocycles. The summed E-state index contributed by atoms with van der Waals surface area (Å²) in [7, 11) is -9.98. The molecule has 0 aliphatic rings. The van der Waals surface area contributed by atoms with Crippen LogP contribution in [0.3, 0.4) is 0 Å². The molecule has 0 aromatic rings. The Labute approximate surface area is 618 Å². The Morgan fingerprint density at radius 3 is 0.892 bits per heavy atom. The van der Waals surface area contributed by atoms with Crippen LogP contribution in [-0.2, 0) is 65.4 Å². The lowest BCUT2D eigenvalue weighted by molar-refractivity contribution is -0.161. The lowest BCUT2D eigenvalue weighted by Gasteiger charge is -2.21. The molecule has 5 atom stereocenters. The Balaban J connectivity index is 5.40. The van der Waals surface area contributed by atoms with Crippen molar-refractivity contribution in [1.82, 2.24) is 0 Å². The third-order valence-electron chi connectivity index (χ3n) is 16.0. The number of esters is 4. The SMILES string of the molecule is CC/C=C\C/C=C\C/C=C\C/C=C\C/C=C\CCCC(=O)OCC(COP(=O)(O)OCC(O)COP(=O)(O)OCC(COC(=O)CCCCCCCC/C=C\C/C=C\C/C=C\CCCCC)OC(=O)CCCCCCC/C=C\CCCCCC)OC(=O)CCCCCCC/C=C\C/C=C\CCC. The number of hydrogen-bond donors (Lipinski definition) is 3. The second-order valence-corrected chi connectivity index (χ2v) is 28.8. The zero-order valence-electron chi connectivity index (χ0n) is 63.7. The van der Waals surface area contributed by atoms with Gasteiger partial charge in [0.05, 0.1) is 26.4 Å². The van der Waals surface area contributed by atoms with E-state index in [0.29, 0.717) is 32.1 Å². The molecule has 3 N–H and O–H groups in total. The van der Waals surface area contributed by atoms with Gasteiger partial charge in [0.1, 0.15) is 19.3 Å². The highest BCUT2D eigenvalue weighted by Crippen LogP contribution is 2.45. The van der Waals surface area contributed by atoms with Crippen molar-refractivity contribution in [2.24, 2.45) is 0 Å². The van der Waals surface area contributed by atoms with Crippen molar-refractivity contribution >= 4 is 39.5 Å². The molecule has 102 heavy (non-hydrogen) atoms. The van der Waals surface area contributed by atoms with Gasteiger partial charge in [-0.15, -0.1) is 0 Å². The summed E-state index contributed by atoms with van der Waals surface area (Å²) >= 11 is 0. The normalized spacial score (nSPS) is 14.6. The number of phosphoric ester groups is 2. The molecule has 0 aromatic carbocycles. The van der Waals surface area contributed by atoms with Crippen LogP contribution in [0.25, 0.3) is 0 Å². The van der Waals surface area contributed by atoms with Gasteiger partial charge in [-0.05, 0) is 154 Å². The highest BCUT2D eigenvalue weighted by atomic mass is 31.2. The van der Waals surface area contributed by atoms with Gasteiger partial charge < -0.3 is 33.8 Å². The molecule has 0 aliphatic carbocycles. The average Bonchev–Trinajstić information content (AvgIpc) is 0.907. The van der Waals surface area contributed by atoms with Crippen molar-refractivity contribution in [1.29, 1.82) is 0 Å². The van der Waals surface area contributed by atoms with Crippen LogP contribution in [0, 0.1) is 0 Å². The second-order valence-electron chi connectivity index (χ2n) is 25.9. The van der Waals surface area contributed by atoms with Crippen LogP contribution in [0.2, 0.25) is 0 Å². The minimum atomic E-state index is -4.99. The Kier molecular flexibility index (Phi) is 71.0. The third-order valence-corrected chi connectivity index (χ3v) is 18.0. The van der Waals surface area contributed by atoms with E-state index in [4.69, 9.17) is 37.0 Å². The van der Waals surface area contributed by atoms with Gasteiger partial charge in [0.2, 0.25) is 0 Å². The summed E-state index contributed by atoms with van der Waals surface area (Å²) in [5.41, 5.74) is 0. The monoisotopic (exact) mass is 1470 g/mol. The molecule has 584 valence electrons. The predicted octanol–water partition coefficient (Wildman–Crippen LogP) is 22.9. The number of carbonyl (C=O) groups is 4. The van der Waals surface area contributed by atoms with Crippen LogP contribution >= 0.6 is 15.6 Å². The number of hydrogen-bond acceptors (Lipinski definition) is 15. The molecule has 5 unspecified atom stereocenters. The third kappa shape index (κ3) is 73.5. The molecule has 0 amide bonds. The first-order chi connectivity index (χ1) is 49.7. The Hall–Kier alpha value is -4.80. The Morgan fingerprint density at radius 1 is 0.284 bits per heavy atom. The summed E-state index contributed by atoms with van der Waals surface area (Å²) in [5, 5.41) is 10.6. The van der Waals surface area contributed by atoms with Crippen molar-refractivity contribution in [2.75, 3.05) is 39.6 Å². The standard InChI is InChI=1S/C83H140O17P2/c1-5-9-13-17-21-25-29-33-35-37-38-40-42-46-48-52-56-60-64-68-81(86)94-74-79(100-83(88)70-66-62-58-54-50-44-32-28-24-20-16-12-8-4)76-98-102(91,92)96-72-77(84)71-95-101(89,90)97-75-78(99-82(87)69-65-61-57-53-49-43-31-27-23-19-15-11-7-3)73-93-80(85)67-63-59-55-51-47-45-41-39-36-34-30-26-22-18-14-10-6-2/h10,14-15,19,21-22,25-28,31-36,38,40-41,45,51,55,77-79,84H,5-9,11-13,16-18,20,23-24,29-30,37,39,42-44,46-50,52-54,56-76H2,1-4H3,(H,89,90)(H,91,92)/b14-10-,19-15-,25-21-,26-22-,31-27-,32-28-,35-33-,36-34-,40-38-,45-41-,55-51-. The zero-order chi connectivity index (χ0) is 74.6. The van der Waals surface area contributed by atoms with Crippen molar-refractivity contribution in [2.45, 2.75) is 329 Å². The predicted molar refractivity (Wildman–Crippen MR) is 418 cm³/mol. The van der Waals surface area contributed by atoms with Crippen molar-refractivity contribution in [3.63, 3.8) is 0 Å². The van der Waals surface area contributed by atoms with Crippen molar-refractivity contribution < 1.29 is 80.2 Å². The molecular weight excluding hydrogens is 1330 g/mol. The number of phosphoric acid groups is 2. The molecule has 17 nitrogen and oxygen atoms in total. The number of aliphatic hydroxyl groups is 1. The highest BCUT2D eigenvalue weighted by molar-refractivity contribution is 7.47. The first-order valence-electron chi connectivity index (χ1n) is 39.4. The molecular formula is C83H140O17P2. The molecule has 0 bridgehead atoms. The van der Waals surface area contributed by atoms with Crippen molar-refractivity contribution in [3.8, 4) is 0 Å². The maximum Gasteiger partial charge on any atom is 0.472 e. The molecule has 0 heterocycles. The van der Waals surface area contributed by atoms with E-state index in [1.54, 1.807) is 0 Å². The fourth-order valence-corrected chi connectivity index (χ4v) is 11.6. The van der Waals surface area contributed by atoms with Crippen LogP contribution < -0.4 is 0 Å². The van der Waals surface area contributed by atoms with Gasteiger partial charge in [-0.25, -0.2) is 9.13 Å². The molecule has 0 aliphatic heterocycles. The fraction of sp³-hybridized carbons (Fsp3) is 0.687. The van der Waals surface area contributed by atoms with Gasteiger partial charge in [0, 0.05) is 25.7 Å². The maximum absolute atomic E-state index is 13.1. The van der Waals surface area contributed by atoms with Gasteiger partial charge in [0.25, 0.3) is 0 Å². The number of aliphatic hydroxyl groups excluding tert-OH is 1. The Bertz CT molecular complexity index is 2460. The number of allylic oxidation sites excluding steroid dienone is 22. The first kappa shape index (κ1) is 97.2. The van der Waals surface area contributed by atoms with Crippen LogP contribution in [0.4, 0.5) is 0 Å². The molecule has 19 heteroatoms. The lowest BCUT2D eigenvalue weighted by Crippen LogP contribution is -2.30. The van der Waals surface area contributed by atoms with E-state index < -0.39 is 97.5 Å². The number of ether oxygens (including phenoxy) is 4. The molecule has 0 saturated carbocycles. The summed E-state index contributed by atoms with van der Waals surface area (Å²) in [6, 6.07) is 0. The van der Waals surface area contributed by atoms with Crippen LogP contribution in [0.5, 0.6) is 0 Å². The number of carbonyl (C=O) groups excluding carboxylic acids is 4. The summed E-state index contributed by atoms with van der Waals surface area (Å²) < 4.78 is 68.5. The molecule has 0 rings (SSSR count). The second kappa shape index (κ2) is 74.5. The molecule has 0 fully saturated rings. The van der Waals surface area contributed by atoms with Gasteiger partial charge in [0.15, 0.2) is 12.2 Å². The van der Waals surface area contributed by atoms with E-state index in [9.17, 15) is 43.2 Å². The minimum absolute atomic E-state index is 0.0630. The van der Waals surface area contributed by atoms with Gasteiger partial charge in [-0.2, -0.15) is 0 Å². The van der Waals surface area contributed by atoms with Crippen LogP contribution in [0.1, 0.15) is 310 Å². The lowest BCUT2D eigenvalue weighted by atomic mass is 10.1. The maximum atomic E-state index is 13.1. The summed E-state index contributed by atoms with van der Waals surface area (Å²) in [4.78, 5) is 72.9. The minimum Gasteiger partial charge on any atom is -0.462 e. The highest BCUT2D eigenvalue weighted by Gasteiger charge is 2.30. The fourth-order valence-electron chi connectivity index (χ4n) is 10.1. The quantitative estimate of drug-likeness (QED) is 0.0169. The van der Waals surface area contributed by atoms with Crippen molar-refractivity contribution in [3.05, 3.63) is 134 Å². The summed E-state index contributed by atoms with van der Waals surface area (Å²) in [5.74, 6) is -2.28. The van der Waals surface area contributed by atoms with E-state index in [-0.39, 0.29) is 25.7 Å². The van der Waals surface area contributed by atoms with E-state index in [0.717, 1.165) is 180 Å². The summed E-state index contributed by atoms with van der Waals surface area (Å²) in [6.45, 7) is 4.55. The van der Waals surface area contributed by atoms with E-state index in [1.165, 1.54) is 44.9 Å². The average molecular weight is 1470 g/mol. The van der Waals surface area contributed by atoms with Gasteiger partial charge in [-0.3, -0.25) is 37.3 Å². The van der Waals surface area contributed by atoms with Gasteiger partial charge >= 0.3 is 39.5 Å². The zero-order valence-corrected chi connectivity index (χ0v) is 65.5. The Morgan fingerprint density at radius 2 is 0.539 bits per heavy atom. The van der Waals surface area contributed by atoms with Crippen LogP contribution in [-0.4, -0.2) is 96.7 Å². The molecule has 0 spiro atoms.